The Kier molecular flexibility index (Phi) is 3.00. The van der Waals surface area contributed by atoms with Crippen molar-refractivity contribution >= 4 is 23.7 Å². The van der Waals surface area contributed by atoms with E-state index in [0.29, 0.717) is 16.9 Å². The monoisotopic (exact) mass is 184 g/mol. The predicted octanol–water partition coefficient (Wildman–Crippen LogP) is 2.85. The van der Waals surface area contributed by atoms with Crippen LogP contribution in [0.15, 0.2) is 30.3 Å². The van der Waals surface area contributed by atoms with E-state index >= 15 is 0 Å². The van der Waals surface area contributed by atoms with Gasteiger partial charge < -0.3 is 0 Å². The molecule has 0 atom stereocenters. The van der Waals surface area contributed by atoms with Gasteiger partial charge in [0.2, 0.25) is 0 Å². The Morgan fingerprint density at radius 1 is 1.33 bits per heavy atom. The SMILES string of the molecule is O=CC=C(F)c1ccc(Cl)cc1. The zero-order valence-electron chi connectivity index (χ0n) is 6.13. The third-order valence-electron chi connectivity index (χ3n) is 1.33. The first-order chi connectivity index (χ1) is 5.74. The Morgan fingerprint density at radius 2 is 1.92 bits per heavy atom. The first-order valence-corrected chi connectivity index (χ1v) is 3.69. The number of halogens is 2. The van der Waals surface area contributed by atoms with Gasteiger partial charge in [-0.1, -0.05) is 23.7 Å². The zero-order chi connectivity index (χ0) is 8.97. The molecule has 0 N–H and O–H groups in total. The van der Waals surface area contributed by atoms with Crippen LogP contribution in [0.5, 0.6) is 0 Å². The predicted molar refractivity (Wildman–Crippen MR) is 46.6 cm³/mol. The largest absolute Gasteiger partial charge is 0.298 e. The second-order valence-corrected chi connectivity index (χ2v) is 2.59. The van der Waals surface area contributed by atoms with Crippen LogP contribution in [0.25, 0.3) is 5.83 Å². The van der Waals surface area contributed by atoms with E-state index in [1.54, 1.807) is 12.1 Å². The Hall–Kier alpha value is -1.15. The molecule has 0 radical (unpaired) electrons. The van der Waals surface area contributed by atoms with E-state index in [1.807, 2.05) is 0 Å². The first kappa shape index (κ1) is 8.94. The minimum atomic E-state index is -0.554. The average molecular weight is 185 g/mol. The number of hydrogen-bond acceptors (Lipinski definition) is 1. The third-order valence-corrected chi connectivity index (χ3v) is 1.59. The Bertz CT molecular complexity index is 303. The van der Waals surface area contributed by atoms with Gasteiger partial charge in [-0.2, -0.15) is 0 Å². The minimum Gasteiger partial charge on any atom is -0.298 e. The van der Waals surface area contributed by atoms with Crippen molar-refractivity contribution in [3.63, 3.8) is 0 Å². The molecule has 0 bridgehead atoms. The Labute approximate surface area is 74.5 Å². The summed E-state index contributed by atoms with van der Waals surface area (Å²) in [5.74, 6) is -0.554. The van der Waals surface area contributed by atoms with Crippen LogP contribution >= 0.6 is 11.6 Å². The van der Waals surface area contributed by atoms with Crippen molar-refractivity contribution in [2.75, 3.05) is 0 Å². The number of hydrogen-bond donors (Lipinski definition) is 0. The Balaban J connectivity index is 2.97. The van der Waals surface area contributed by atoms with Gasteiger partial charge in [0.25, 0.3) is 0 Å². The van der Waals surface area contributed by atoms with Crippen molar-refractivity contribution in [1.29, 1.82) is 0 Å². The molecule has 12 heavy (non-hydrogen) atoms. The zero-order valence-corrected chi connectivity index (χ0v) is 6.88. The summed E-state index contributed by atoms with van der Waals surface area (Å²) >= 11 is 5.58. The van der Waals surface area contributed by atoms with Crippen LogP contribution in [0.3, 0.4) is 0 Å². The van der Waals surface area contributed by atoms with Crippen molar-refractivity contribution < 1.29 is 9.18 Å². The van der Waals surface area contributed by atoms with Gasteiger partial charge in [0.05, 0.1) is 0 Å². The molecule has 1 aromatic rings. The van der Waals surface area contributed by atoms with Crippen LogP contribution in [0, 0.1) is 0 Å². The quantitative estimate of drug-likeness (QED) is 0.510. The molecular weight excluding hydrogens is 179 g/mol. The lowest BCUT2D eigenvalue weighted by Gasteiger charge is -1.95. The van der Waals surface area contributed by atoms with E-state index < -0.39 is 5.83 Å². The summed E-state index contributed by atoms with van der Waals surface area (Å²) in [5.41, 5.74) is 0.353. The topological polar surface area (TPSA) is 17.1 Å². The molecule has 1 rings (SSSR count). The molecular formula is C9H6ClFO. The molecule has 3 heteroatoms. The molecule has 0 saturated heterocycles. The molecule has 0 spiro atoms. The second kappa shape index (κ2) is 4.02. The molecule has 0 unspecified atom stereocenters. The standard InChI is InChI=1S/C9H6ClFO/c10-8-3-1-7(2-4-8)9(11)5-6-12/h1-6H. The molecule has 0 heterocycles. The third kappa shape index (κ3) is 2.17. The van der Waals surface area contributed by atoms with Gasteiger partial charge >= 0.3 is 0 Å². The van der Waals surface area contributed by atoms with Crippen LogP contribution < -0.4 is 0 Å². The van der Waals surface area contributed by atoms with Gasteiger partial charge in [0, 0.05) is 16.7 Å². The molecule has 62 valence electrons. The van der Waals surface area contributed by atoms with Crippen LogP contribution in [-0.2, 0) is 4.79 Å². The summed E-state index contributed by atoms with van der Waals surface area (Å²) in [6, 6.07) is 6.15. The highest BCUT2D eigenvalue weighted by atomic mass is 35.5. The van der Waals surface area contributed by atoms with E-state index in [2.05, 4.69) is 0 Å². The lowest BCUT2D eigenvalue weighted by Crippen LogP contribution is -1.77. The molecule has 0 aromatic heterocycles. The van der Waals surface area contributed by atoms with Crippen molar-refractivity contribution in [2.45, 2.75) is 0 Å². The van der Waals surface area contributed by atoms with Gasteiger partial charge in [-0.3, -0.25) is 4.79 Å². The molecule has 1 aromatic carbocycles. The highest BCUT2D eigenvalue weighted by Gasteiger charge is 1.97. The van der Waals surface area contributed by atoms with Gasteiger partial charge in [0.15, 0.2) is 0 Å². The van der Waals surface area contributed by atoms with Crippen LogP contribution in [0.2, 0.25) is 5.02 Å². The molecule has 1 nitrogen and oxygen atoms in total. The summed E-state index contributed by atoms with van der Waals surface area (Å²) in [7, 11) is 0. The van der Waals surface area contributed by atoms with Gasteiger partial charge in [0.1, 0.15) is 12.1 Å². The highest BCUT2D eigenvalue weighted by molar-refractivity contribution is 6.30. The van der Waals surface area contributed by atoms with Crippen molar-refractivity contribution in [1.82, 2.24) is 0 Å². The van der Waals surface area contributed by atoms with E-state index in [-0.39, 0.29) is 0 Å². The van der Waals surface area contributed by atoms with Crippen molar-refractivity contribution in [3.8, 4) is 0 Å². The molecule has 0 amide bonds. The molecule has 0 saturated carbocycles. The normalized spacial score (nSPS) is 11.3. The average Bonchev–Trinajstić information content (AvgIpc) is 2.06. The summed E-state index contributed by atoms with van der Waals surface area (Å²) in [4.78, 5) is 9.91. The number of carbonyl (C=O) groups is 1. The summed E-state index contributed by atoms with van der Waals surface area (Å²) < 4.78 is 12.9. The number of rotatable bonds is 2. The fourth-order valence-corrected chi connectivity index (χ4v) is 0.891. The number of carbonyl (C=O) groups excluding carboxylic acids is 1. The van der Waals surface area contributed by atoms with Crippen LogP contribution in [0.4, 0.5) is 4.39 Å². The smallest absolute Gasteiger partial charge is 0.145 e. The first-order valence-electron chi connectivity index (χ1n) is 3.31. The lowest BCUT2D eigenvalue weighted by molar-refractivity contribution is -0.104. The van der Waals surface area contributed by atoms with E-state index in [4.69, 9.17) is 11.6 Å². The van der Waals surface area contributed by atoms with Crippen molar-refractivity contribution in [2.24, 2.45) is 0 Å². The number of aldehydes is 1. The minimum absolute atomic E-state index is 0.353. The number of benzene rings is 1. The maximum Gasteiger partial charge on any atom is 0.145 e. The fraction of sp³-hybridized carbons (Fsp3) is 0. The van der Waals surface area contributed by atoms with Crippen LogP contribution in [0.1, 0.15) is 5.56 Å². The van der Waals surface area contributed by atoms with Gasteiger partial charge in [-0.25, -0.2) is 4.39 Å². The molecule has 0 aliphatic rings. The Morgan fingerprint density at radius 3 is 2.42 bits per heavy atom. The second-order valence-electron chi connectivity index (χ2n) is 2.16. The summed E-state index contributed by atoms with van der Waals surface area (Å²) in [6.07, 6.45) is 1.27. The van der Waals surface area contributed by atoms with Gasteiger partial charge in [-0.15, -0.1) is 0 Å². The van der Waals surface area contributed by atoms with E-state index in [9.17, 15) is 9.18 Å². The highest BCUT2D eigenvalue weighted by Crippen LogP contribution is 2.17. The fourth-order valence-electron chi connectivity index (χ4n) is 0.765. The van der Waals surface area contributed by atoms with Crippen molar-refractivity contribution in [3.05, 3.63) is 40.9 Å². The van der Waals surface area contributed by atoms with Crippen LogP contribution in [-0.4, -0.2) is 6.29 Å². The van der Waals surface area contributed by atoms with Gasteiger partial charge in [-0.05, 0) is 12.1 Å². The number of allylic oxidation sites excluding steroid dienone is 1. The molecule has 0 fully saturated rings. The summed E-state index contributed by atoms with van der Waals surface area (Å²) in [5, 5.41) is 0.539. The maximum absolute atomic E-state index is 12.9. The molecule has 0 aliphatic heterocycles. The van der Waals surface area contributed by atoms with E-state index in [0.717, 1.165) is 6.08 Å². The molecule has 0 aliphatic carbocycles. The maximum atomic E-state index is 12.9. The summed E-state index contributed by atoms with van der Waals surface area (Å²) in [6.45, 7) is 0. The lowest BCUT2D eigenvalue weighted by atomic mass is 10.2. The van der Waals surface area contributed by atoms with E-state index in [1.165, 1.54) is 12.1 Å².